The first-order valence-corrected chi connectivity index (χ1v) is 8.06. The van der Waals surface area contributed by atoms with Crippen LogP contribution in [-0.4, -0.2) is 43.7 Å². The lowest BCUT2D eigenvalue weighted by atomic mass is 9.79. The zero-order valence-electron chi connectivity index (χ0n) is 11.0. The summed E-state index contributed by atoms with van der Waals surface area (Å²) in [5, 5.41) is 3.13. The van der Waals surface area contributed by atoms with Gasteiger partial charge in [-0.1, -0.05) is 0 Å². The van der Waals surface area contributed by atoms with Crippen molar-refractivity contribution in [2.45, 2.75) is 25.7 Å². The van der Waals surface area contributed by atoms with E-state index in [0.717, 1.165) is 19.4 Å². The molecule has 1 amide bonds. The monoisotopic (exact) mass is 272 g/mol. The Labute approximate surface area is 113 Å². The van der Waals surface area contributed by atoms with Crippen molar-refractivity contribution in [1.82, 2.24) is 5.32 Å². The molecule has 0 aromatic heterocycles. The SMILES string of the molecule is NCC1(C(=O)NCC2CCSCC2)CCOCC1. The summed E-state index contributed by atoms with van der Waals surface area (Å²) in [4.78, 5) is 12.3. The topological polar surface area (TPSA) is 64.4 Å². The summed E-state index contributed by atoms with van der Waals surface area (Å²) in [5.74, 6) is 3.27. The molecule has 0 aromatic carbocycles. The summed E-state index contributed by atoms with van der Waals surface area (Å²) in [6.07, 6.45) is 3.97. The molecule has 18 heavy (non-hydrogen) atoms. The first kappa shape index (κ1) is 14.2. The Kier molecular flexibility index (Phi) is 5.33. The van der Waals surface area contributed by atoms with Gasteiger partial charge in [0.1, 0.15) is 0 Å². The quantitative estimate of drug-likeness (QED) is 0.801. The van der Waals surface area contributed by atoms with E-state index in [0.29, 0.717) is 25.7 Å². The Bertz CT molecular complexity index is 274. The van der Waals surface area contributed by atoms with Crippen molar-refractivity contribution in [2.24, 2.45) is 17.1 Å². The lowest BCUT2D eigenvalue weighted by Crippen LogP contribution is -2.50. The van der Waals surface area contributed by atoms with Crippen LogP contribution in [0.4, 0.5) is 0 Å². The lowest BCUT2D eigenvalue weighted by molar-refractivity contribution is -0.136. The van der Waals surface area contributed by atoms with Gasteiger partial charge in [-0.2, -0.15) is 11.8 Å². The van der Waals surface area contributed by atoms with Crippen LogP contribution in [0.15, 0.2) is 0 Å². The molecule has 4 nitrogen and oxygen atoms in total. The molecule has 2 aliphatic rings. The number of hydrogen-bond donors (Lipinski definition) is 2. The van der Waals surface area contributed by atoms with Gasteiger partial charge < -0.3 is 15.8 Å². The van der Waals surface area contributed by atoms with E-state index in [1.165, 1.54) is 24.3 Å². The van der Waals surface area contributed by atoms with Crippen LogP contribution < -0.4 is 11.1 Å². The fraction of sp³-hybridized carbons (Fsp3) is 0.923. The number of carbonyl (C=O) groups is 1. The molecular formula is C13H24N2O2S. The zero-order chi connectivity index (χ0) is 12.8. The van der Waals surface area contributed by atoms with Crippen molar-refractivity contribution in [2.75, 3.05) is 37.8 Å². The molecule has 0 atom stereocenters. The second-order valence-corrected chi connectivity index (χ2v) is 6.59. The predicted octanol–water partition coefficient (Wildman–Crippen LogP) is 1.00. The van der Waals surface area contributed by atoms with Gasteiger partial charge in [0.2, 0.25) is 5.91 Å². The number of thioether (sulfide) groups is 1. The highest BCUT2D eigenvalue weighted by atomic mass is 32.2. The van der Waals surface area contributed by atoms with Crippen molar-refractivity contribution in [3.63, 3.8) is 0 Å². The second-order valence-electron chi connectivity index (χ2n) is 5.36. The first-order chi connectivity index (χ1) is 8.77. The molecule has 3 N–H and O–H groups in total. The van der Waals surface area contributed by atoms with Crippen LogP contribution in [0, 0.1) is 11.3 Å². The largest absolute Gasteiger partial charge is 0.381 e. The van der Waals surface area contributed by atoms with Crippen LogP contribution in [0.3, 0.4) is 0 Å². The third kappa shape index (κ3) is 3.39. The number of hydrogen-bond acceptors (Lipinski definition) is 4. The van der Waals surface area contributed by atoms with E-state index in [1.54, 1.807) is 0 Å². The van der Waals surface area contributed by atoms with Crippen molar-refractivity contribution < 1.29 is 9.53 Å². The van der Waals surface area contributed by atoms with Gasteiger partial charge in [-0.25, -0.2) is 0 Å². The Morgan fingerprint density at radius 1 is 1.33 bits per heavy atom. The average molecular weight is 272 g/mol. The van der Waals surface area contributed by atoms with E-state index in [1.807, 2.05) is 11.8 Å². The van der Waals surface area contributed by atoms with Crippen LogP contribution in [0.5, 0.6) is 0 Å². The Morgan fingerprint density at radius 2 is 2.00 bits per heavy atom. The smallest absolute Gasteiger partial charge is 0.227 e. The number of nitrogens with two attached hydrogens (primary N) is 1. The molecule has 5 heteroatoms. The first-order valence-electron chi connectivity index (χ1n) is 6.91. The molecular weight excluding hydrogens is 248 g/mol. The van der Waals surface area contributed by atoms with Gasteiger partial charge in [0.25, 0.3) is 0 Å². The van der Waals surface area contributed by atoms with Crippen LogP contribution >= 0.6 is 11.8 Å². The zero-order valence-corrected chi connectivity index (χ0v) is 11.8. The van der Waals surface area contributed by atoms with E-state index >= 15 is 0 Å². The van der Waals surface area contributed by atoms with Gasteiger partial charge in [-0.15, -0.1) is 0 Å². The summed E-state index contributed by atoms with van der Waals surface area (Å²) in [6, 6.07) is 0. The van der Waals surface area contributed by atoms with Gasteiger partial charge >= 0.3 is 0 Å². The van der Waals surface area contributed by atoms with Crippen molar-refractivity contribution >= 4 is 17.7 Å². The summed E-state index contributed by atoms with van der Waals surface area (Å²) >= 11 is 2.02. The molecule has 2 saturated heterocycles. The minimum atomic E-state index is -0.373. The molecule has 0 radical (unpaired) electrons. The molecule has 0 unspecified atom stereocenters. The number of nitrogens with one attached hydrogen (secondary N) is 1. The second kappa shape index (κ2) is 6.78. The van der Waals surface area contributed by atoms with Gasteiger partial charge in [-0.05, 0) is 43.1 Å². The van der Waals surface area contributed by atoms with E-state index < -0.39 is 0 Å². The summed E-state index contributed by atoms with van der Waals surface area (Å²) in [7, 11) is 0. The van der Waals surface area contributed by atoms with E-state index in [2.05, 4.69) is 5.32 Å². The molecule has 0 saturated carbocycles. The van der Waals surface area contributed by atoms with Crippen molar-refractivity contribution in [3.8, 4) is 0 Å². The number of amides is 1. The number of ether oxygens (including phenoxy) is 1. The maximum Gasteiger partial charge on any atom is 0.227 e. The van der Waals surface area contributed by atoms with Crippen molar-refractivity contribution in [1.29, 1.82) is 0 Å². The van der Waals surface area contributed by atoms with Gasteiger partial charge in [0.15, 0.2) is 0 Å². The molecule has 0 bridgehead atoms. The van der Waals surface area contributed by atoms with Crippen LogP contribution in [0.1, 0.15) is 25.7 Å². The Morgan fingerprint density at radius 3 is 2.61 bits per heavy atom. The van der Waals surface area contributed by atoms with E-state index in [9.17, 15) is 4.79 Å². The fourth-order valence-electron chi connectivity index (χ4n) is 2.66. The fourth-order valence-corrected chi connectivity index (χ4v) is 3.87. The summed E-state index contributed by atoms with van der Waals surface area (Å²) in [5.41, 5.74) is 5.45. The maximum atomic E-state index is 12.3. The highest BCUT2D eigenvalue weighted by Crippen LogP contribution is 2.30. The van der Waals surface area contributed by atoms with Crippen LogP contribution in [0.25, 0.3) is 0 Å². The molecule has 0 aromatic rings. The Balaban J connectivity index is 1.81. The van der Waals surface area contributed by atoms with Crippen LogP contribution in [0.2, 0.25) is 0 Å². The minimum absolute atomic E-state index is 0.145. The number of carbonyl (C=O) groups excluding carboxylic acids is 1. The number of rotatable bonds is 4. The molecule has 2 heterocycles. The minimum Gasteiger partial charge on any atom is -0.381 e. The molecule has 2 fully saturated rings. The van der Waals surface area contributed by atoms with Gasteiger partial charge in [0, 0.05) is 26.3 Å². The maximum absolute atomic E-state index is 12.3. The van der Waals surface area contributed by atoms with E-state index in [4.69, 9.17) is 10.5 Å². The third-order valence-electron chi connectivity index (χ3n) is 4.21. The normalized spacial score (nSPS) is 24.7. The van der Waals surface area contributed by atoms with E-state index in [-0.39, 0.29) is 11.3 Å². The lowest BCUT2D eigenvalue weighted by Gasteiger charge is -2.35. The predicted molar refractivity (Wildman–Crippen MR) is 74.6 cm³/mol. The molecule has 2 aliphatic heterocycles. The molecule has 0 aliphatic carbocycles. The average Bonchev–Trinajstić information content (AvgIpc) is 2.46. The van der Waals surface area contributed by atoms with Gasteiger partial charge in [-0.3, -0.25) is 4.79 Å². The summed E-state index contributed by atoms with van der Waals surface area (Å²) in [6.45, 7) is 2.57. The van der Waals surface area contributed by atoms with Crippen molar-refractivity contribution in [3.05, 3.63) is 0 Å². The van der Waals surface area contributed by atoms with Crippen LogP contribution in [-0.2, 0) is 9.53 Å². The summed E-state index contributed by atoms with van der Waals surface area (Å²) < 4.78 is 5.33. The standard InChI is InChI=1S/C13H24N2O2S/c14-10-13(3-5-17-6-4-13)12(16)15-9-11-1-7-18-8-2-11/h11H,1-10,14H2,(H,15,16). The molecule has 0 spiro atoms. The molecule has 2 rings (SSSR count). The van der Waals surface area contributed by atoms with Gasteiger partial charge in [0.05, 0.1) is 5.41 Å². The molecule has 104 valence electrons. The Hall–Kier alpha value is -0.260. The third-order valence-corrected chi connectivity index (χ3v) is 5.26. The highest BCUT2D eigenvalue weighted by molar-refractivity contribution is 7.99. The highest BCUT2D eigenvalue weighted by Gasteiger charge is 2.38.